The molecule has 2 aromatic carbocycles. The lowest BCUT2D eigenvalue weighted by Gasteiger charge is -2.43. The average Bonchev–Trinajstić information content (AvgIpc) is 2.74. The summed E-state index contributed by atoms with van der Waals surface area (Å²) < 4.78 is 11.5. The van der Waals surface area contributed by atoms with Gasteiger partial charge in [0.2, 0.25) is 0 Å². The van der Waals surface area contributed by atoms with E-state index in [2.05, 4.69) is 20.2 Å². The normalized spacial score (nSPS) is 24.0. The van der Waals surface area contributed by atoms with Gasteiger partial charge in [-0.05, 0) is 43.4 Å². The maximum Gasteiger partial charge on any atom is 0.342 e. The lowest BCUT2D eigenvalue weighted by atomic mass is 9.66. The van der Waals surface area contributed by atoms with Gasteiger partial charge in [-0.3, -0.25) is 0 Å². The van der Waals surface area contributed by atoms with Gasteiger partial charge in [-0.25, -0.2) is 4.79 Å². The molecule has 0 aliphatic heterocycles. The van der Waals surface area contributed by atoms with E-state index in [-0.39, 0.29) is 5.97 Å². The summed E-state index contributed by atoms with van der Waals surface area (Å²) >= 11 is 0. The monoisotopic (exact) mass is 393 g/mol. The zero-order valence-corrected chi connectivity index (χ0v) is 17.4. The van der Waals surface area contributed by atoms with Gasteiger partial charge in [0.05, 0.1) is 32.7 Å². The number of ether oxygens (including phenoxy) is 2. The largest absolute Gasteiger partial charge is 0.496 e. The third-order valence-corrected chi connectivity index (χ3v) is 5.87. The Morgan fingerprint density at radius 3 is 2.24 bits per heavy atom. The quantitative estimate of drug-likeness (QED) is 0.767. The highest BCUT2D eigenvalue weighted by atomic mass is 16.6. The molecule has 5 heteroatoms. The number of nitrogens with one attached hydrogen (secondary N) is 1. The van der Waals surface area contributed by atoms with Crippen molar-refractivity contribution >= 4 is 5.97 Å². The molecule has 3 rings (SSSR count). The first-order valence-corrected chi connectivity index (χ1v) is 10.1. The van der Waals surface area contributed by atoms with Crippen molar-refractivity contribution < 1.29 is 19.2 Å². The van der Waals surface area contributed by atoms with Gasteiger partial charge in [-0.1, -0.05) is 42.5 Å². The van der Waals surface area contributed by atoms with Crippen molar-refractivity contribution in [2.75, 3.05) is 27.7 Å². The van der Waals surface area contributed by atoms with Crippen LogP contribution in [0.15, 0.2) is 54.6 Å². The van der Waals surface area contributed by atoms with Gasteiger partial charge in [0.25, 0.3) is 0 Å². The third-order valence-electron chi connectivity index (χ3n) is 5.87. The van der Waals surface area contributed by atoms with Crippen LogP contribution < -0.4 is 9.64 Å². The van der Waals surface area contributed by atoms with Crippen LogP contribution in [0.3, 0.4) is 0 Å². The second-order valence-electron chi connectivity index (χ2n) is 8.22. The Hall–Kier alpha value is -2.84. The number of likely N-dealkylation sites (N-methyl/N-ethyl adjacent to an activating group) is 1. The number of carbonyl (C=O) groups is 1. The molecule has 0 heterocycles. The summed E-state index contributed by atoms with van der Waals surface area (Å²) in [5.41, 5.74) is 0.363. The van der Waals surface area contributed by atoms with Gasteiger partial charge in [0.1, 0.15) is 17.9 Å². The number of esters is 1. The van der Waals surface area contributed by atoms with E-state index in [9.17, 15) is 10.1 Å². The van der Waals surface area contributed by atoms with Crippen LogP contribution >= 0.6 is 0 Å². The minimum absolute atomic E-state index is 0.368. The van der Waals surface area contributed by atoms with E-state index in [4.69, 9.17) is 9.47 Å². The smallest absolute Gasteiger partial charge is 0.342 e. The van der Waals surface area contributed by atoms with Crippen molar-refractivity contribution in [2.24, 2.45) is 0 Å². The number of rotatable bonds is 6. The summed E-state index contributed by atoms with van der Waals surface area (Å²) in [7, 11) is 5.66. The Morgan fingerprint density at radius 2 is 1.66 bits per heavy atom. The van der Waals surface area contributed by atoms with Crippen molar-refractivity contribution in [1.29, 1.82) is 5.26 Å². The molecule has 0 bridgehead atoms. The SMILES string of the molecule is COc1ccccc1C(=O)OC1(C[NH+](C)C)CCC(C#N)(c2ccccc2)CC1. The number of para-hydroxylation sites is 1. The lowest BCUT2D eigenvalue weighted by Crippen LogP contribution is -3.08. The van der Waals surface area contributed by atoms with Gasteiger partial charge in [0, 0.05) is 0 Å². The van der Waals surface area contributed by atoms with Crippen LogP contribution in [0, 0.1) is 11.3 Å². The van der Waals surface area contributed by atoms with E-state index in [0.29, 0.717) is 43.5 Å². The molecule has 0 amide bonds. The van der Waals surface area contributed by atoms with E-state index in [1.807, 2.05) is 36.4 Å². The first kappa shape index (κ1) is 20.9. The summed E-state index contributed by atoms with van der Waals surface area (Å²) in [6.07, 6.45) is 2.64. The Kier molecular flexibility index (Phi) is 6.24. The number of hydrogen-bond acceptors (Lipinski definition) is 4. The summed E-state index contributed by atoms with van der Waals surface area (Å²) in [5.74, 6) is 0.143. The molecular formula is C24H29N2O3+. The van der Waals surface area contributed by atoms with E-state index in [1.165, 1.54) is 4.90 Å². The molecule has 0 unspecified atom stereocenters. The van der Waals surface area contributed by atoms with Crippen LogP contribution in [0.4, 0.5) is 0 Å². The molecule has 1 fully saturated rings. The molecule has 2 aromatic rings. The first-order chi connectivity index (χ1) is 13.9. The minimum Gasteiger partial charge on any atom is -0.496 e. The van der Waals surface area contributed by atoms with E-state index >= 15 is 0 Å². The molecular weight excluding hydrogens is 364 g/mol. The lowest BCUT2D eigenvalue weighted by molar-refractivity contribution is -0.865. The number of hydrogen-bond donors (Lipinski definition) is 1. The fourth-order valence-corrected chi connectivity index (χ4v) is 4.38. The Bertz CT molecular complexity index is 878. The first-order valence-electron chi connectivity index (χ1n) is 10.1. The average molecular weight is 394 g/mol. The Balaban J connectivity index is 1.84. The molecule has 29 heavy (non-hydrogen) atoms. The summed E-state index contributed by atoms with van der Waals surface area (Å²) in [5, 5.41) is 10.00. The molecule has 0 radical (unpaired) electrons. The van der Waals surface area contributed by atoms with Gasteiger partial charge in [-0.2, -0.15) is 5.26 Å². The molecule has 1 aliphatic rings. The summed E-state index contributed by atoms with van der Waals surface area (Å²) in [6.45, 7) is 0.699. The number of nitrogens with zero attached hydrogens (tertiary/aromatic N) is 1. The van der Waals surface area contributed by atoms with Crippen LogP contribution in [0.5, 0.6) is 5.75 Å². The number of methoxy groups -OCH3 is 1. The second-order valence-corrected chi connectivity index (χ2v) is 8.22. The molecule has 0 atom stereocenters. The van der Waals surface area contributed by atoms with Crippen LogP contribution in [0.1, 0.15) is 41.6 Å². The Morgan fingerprint density at radius 1 is 1.03 bits per heavy atom. The third kappa shape index (κ3) is 4.44. The number of carbonyl (C=O) groups excluding carboxylic acids is 1. The van der Waals surface area contributed by atoms with Gasteiger partial charge < -0.3 is 14.4 Å². The maximum absolute atomic E-state index is 13.0. The molecule has 5 nitrogen and oxygen atoms in total. The van der Waals surface area contributed by atoms with Crippen LogP contribution in [-0.4, -0.2) is 39.3 Å². The molecule has 1 saturated carbocycles. The summed E-state index contributed by atoms with van der Waals surface area (Å²) in [4.78, 5) is 14.2. The van der Waals surface area contributed by atoms with E-state index < -0.39 is 11.0 Å². The maximum atomic E-state index is 13.0. The van der Waals surface area contributed by atoms with Crippen molar-refractivity contribution in [3.05, 3.63) is 65.7 Å². The number of benzene rings is 2. The zero-order chi connectivity index (χ0) is 20.9. The Labute approximate surface area is 172 Å². The van der Waals surface area contributed by atoms with Gasteiger partial charge in [0.15, 0.2) is 5.60 Å². The zero-order valence-electron chi connectivity index (χ0n) is 17.4. The second kappa shape index (κ2) is 8.67. The van der Waals surface area contributed by atoms with Gasteiger partial charge in [-0.15, -0.1) is 0 Å². The van der Waals surface area contributed by atoms with Crippen molar-refractivity contribution in [2.45, 2.75) is 36.7 Å². The number of quaternary nitrogens is 1. The molecule has 0 saturated heterocycles. The number of nitriles is 1. The molecule has 0 aromatic heterocycles. The van der Waals surface area contributed by atoms with Crippen molar-refractivity contribution in [1.82, 2.24) is 0 Å². The standard InChI is InChI=1S/C24H28N2O3/c1-26(2)18-24(29-22(27)20-11-7-8-12-21(20)28-3)15-13-23(17-25,14-16-24)19-9-5-4-6-10-19/h4-12H,13-16,18H2,1-3H3/p+1. The van der Waals surface area contributed by atoms with Crippen LogP contribution in [-0.2, 0) is 10.2 Å². The van der Waals surface area contributed by atoms with Crippen molar-refractivity contribution in [3.63, 3.8) is 0 Å². The topological polar surface area (TPSA) is 63.8 Å². The minimum atomic E-state index is -0.591. The fourth-order valence-electron chi connectivity index (χ4n) is 4.38. The molecule has 1 N–H and O–H groups in total. The predicted octanol–water partition coefficient (Wildman–Crippen LogP) is 2.77. The summed E-state index contributed by atoms with van der Waals surface area (Å²) in [6, 6.07) is 19.6. The van der Waals surface area contributed by atoms with Crippen LogP contribution in [0.2, 0.25) is 0 Å². The highest BCUT2D eigenvalue weighted by molar-refractivity contribution is 5.92. The molecule has 1 aliphatic carbocycles. The highest BCUT2D eigenvalue weighted by Crippen LogP contribution is 2.44. The molecule has 152 valence electrons. The van der Waals surface area contributed by atoms with E-state index in [1.54, 1.807) is 25.3 Å². The van der Waals surface area contributed by atoms with Crippen LogP contribution in [0.25, 0.3) is 0 Å². The molecule has 0 spiro atoms. The fraction of sp³-hybridized carbons (Fsp3) is 0.417. The highest BCUT2D eigenvalue weighted by Gasteiger charge is 2.48. The van der Waals surface area contributed by atoms with Gasteiger partial charge >= 0.3 is 5.97 Å². The van der Waals surface area contributed by atoms with Crippen molar-refractivity contribution in [3.8, 4) is 11.8 Å². The van der Waals surface area contributed by atoms with E-state index in [0.717, 1.165) is 5.56 Å². The predicted molar refractivity (Wildman–Crippen MR) is 111 cm³/mol.